The van der Waals surface area contributed by atoms with Crippen LogP contribution in [0.25, 0.3) is 0 Å². The number of thioether (sulfide) groups is 1. The topological polar surface area (TPSA) is 18.5 Å². The average molecular weight is 271 g/mol. The molecule has 0 aromatic heterocycles. The molecular formula is C14H29N3S. The summed E-state index contributed by atoms with van der Waals surface area (Å²) in [5.41, 5.74) is 0.522. The lowest BCUT2D eigenvalue weighted by atomic mass is 9.88. The Morgan fingerprint density at radius 1 is 1.22 bits per heavy atom. The first-order valence-electron chi connectivity index (χ1n) is 7.27. The second-order valence-corrected chi connectivity index (χ2v) is 7.71. The minimum Gasteiger partial charge on any atom is -0.312 e. The molecule has 2 aliphatic rings. The standard InChI is InChI=1S/C14H29N3S/c1-14(2)10-13(11-18-12-14)15-4-5-17-8-6-16(3)7-9-17/h13,15H,4-12H2,1-3H3. The van der Waals surface area contributed by atoms with E-state index in [1.165, 1.54) is 50.7 Å². The lowest BCUT2D eigenvalue weighted by Crippen LogP contribution is -2.48. The molecule has 0 radical (unpaired) electrons. The van der Waals surface area contributed by atoms with E-state index in [9.17, 15) is 0 Å². The highest BCUT2D eigenvalue weighted by Gasteiger charge is 2.28. The Balaban J connectivity index is 1.60. The molecule has 2 aliphatic heterocycles. The van der Waals surface area contributed by atoms with Gasteiger partial charge >= 0.3 is 0 Å². The summed E-state index contributed by atoms with van der Waals surface area (Å²) in [7, 11) is 2.22. The van der Waals surface area contributed by atoms with Crippen molar-refractivity contribution >= 4 is 11.8 Å². The molecule has 2 rings (SSSR count). The van der Waals surface area contributed by atoms with Gasteiger partial charge in [-0.25, -0.2) is 0 Å². The van der Waals surface area contributed by atoms with E-state index in [1.807, 2.05) is 0 Å². The Hall–Kier alpha value is 0.230. The van der Waals surface area contributed by atoms with Gasteiger partial charge in [0.1, 0.15) is 0 Å². The lowest BCUT2D eigenvalue weighted by Gasteiger charge is -2.36. The molecule has 3 nitrogen and oxygen atoms in total. The van der Waals surface area contributed by atoms with Gasteiger partial charge in [-0.05, 0) is 24.6 Å². The van der Waals surface area contributed by atoms with E-state index in [4.69, 9.17) is 0 Å². The summed E-state index contributed by atoms with van der Waals surface area (Å²) in [5.74, 6) is 2.62. The van der Waals surface area contributed by atoms with Crippen molar-refractivity contribution in [2.75, 3.05) is 57.8 Å². The van der Waals surface area contributed by atoms with Crippen LogP contribution < -0.4 is 5.32 Å². The normalized spacial score (nSPS) is 30.5. The monoisotopic (exact) mass is 271 g/mol. The van der Waals surface area contributed by atoms with Crippen molar-refractivity contribution in [2.45, 2.75) is 26.3 Å². The third-order valence-electron chi connectivity index (χ3n) is 4.07. The molecule has 0 aliphatic carbocycles. The van der Waals surface area contributed by atoms with Gasteiger partial charge in [-0.2, -0.15) is 11.8 Å². The molecule has 1 unspecified atom stereocenters. The SMILES string of the molecule is CN1CCN(CCNC2CSCC(C)(C)C2)CC1. The van der Waals surface area contributed by atoms with Crippen molar-refractivity contribution in [1.29, 1.82) is 0 Å². The van der Waals surface area contributed by atoms with Crippen molar-refractivity contribution in [1.82, 2.24) is 15.1 Å². The highest BCUT2D eigenvalue weighted by Crippen LogP contribution is 2.33. The van der Waals surface area contributed by atoms with Gasteiger partial charge in [0.25, 0.3) is 0 Å². The van der Waals surface area contributed by atoms with Crippen LogP contribution in [-0.4, -0.2) is 73.7 Å². The molecular weight excluding hydrogens is 242 g/mol. The van der Waals surface area contributed by atoms with E-state index in [0.717, 1.165) is 12.6 Å². The fourth-order valence-corrected chi connectivity index (χ4v) is 4.20. The zero-order chi connectivity index (χ0) is 13.0. The largest absolute Gasteiger partial charge is 0.312 e. The van der Waals surface area contributed by atoms with Crippen molar-refractivity contribution in [3.63, 3.8) is 0 Å². The Morgan fingerprint density at radius 3 is 2.61 bits per heavy atom. The lowest BCUT2D eigenvalue weighted by molar-refractivity contribution is 0.153. The minimum absolute atomic E-state index is 0.522. The fourth-order valence-electron chi connectivity index (χ4n) is 2.89. The van der Waals surface area contributed by atoms with Gasteiger partial charge in [-0.3, -0.25) is 4.90 Å². The Bertz CT molecular complexity index is 249. The predicted molar refractivity (Wildman–Crippen MR) is 81.5 cm³/mol. The summed E-state index contributed by atoms with van der Waals surface area (Å²) in [6.45, 7) is 12.1. The third kappa shape index (κ3) is 4.72. The maximum absolute atomic E-state index is 3.76. The number of piperazine rings is 1. The highest BCUT2D eigenvalue weighted by atomic mass is 32.2. The van der Waals surface area contributed by atoms with Crippen LogP contribution in [0.1, 0.15) is 20.3 Å². The van der Waals surface area contributed by atoms with Crippen LogP contribution in [0.4, 0.5) is 0 Å². The van der Waals surface area contributed by atoms with Gasteiger partial charge in [0.05, 0.1) is 0 Å². The summed E-state index contributed by atoms with van der Waals surface area (Å²) >= 11 is 2.11. The second kappa shape index (κ2) is 6.60. The zero-order valence-electron chi connectivity index (χ0n) is 12.2. The highest BCUT2D eigenvalue weighted by molar-refractivity contribution is 7.99. The fraction of sp³-hybridized carbons (Fsp3) is 1.00. The predicted octanol–water partition coefficient (Wildman–Crippen LogP) is 1.36. The summed E-state index contributed by atoms with van der Waals surface area (Å²) in [6, 6.07) is 0.728. The molecule has 1 N–H and O–H groups in total. The Morgan fingerprint density at radius 2 is 1.94 bits per heavy atom. The van der Waals surface area contributed by atoms with Crippen LogP contribution in [-0.2, 0) is 0 Å². The number of nitrogens with zero attached hydrogens (tertiary/aromatic N) is 2. The number of likely N-dealkylation sites (N-methyl/N-ethyl adjacent to an activating group) is 1. The summed E-state index contributed by atoms with van der Waals surface area (Å²) in [5, 5.41) is 3.76. The van der Waals surface area contributed by atoms with Crippen LogP contribution in [0, 0.1) is 5.41 Å². The maximum atomic E-state index is 3.76. The maximum Gasteiger partial charge on any atom is 0.0164 e. The summed E-state index contributed by atoms with van der Waals surface area (Å²) in [6.07, 6.45) is 1.34. The van der Waals surface area contributed by atoms with E-state index < -0.39 is 0 Å². The number of rotatable bonds is 4. The van der Waals surface area contributed by atoms with Gasteiger partial charge in [0.15, 0.2) is 0 Å². The zero-order valence-corrected chi connectivity index (χ0v) is 13.1. The quantitative estimate of drug-likeness (QED) is 0.832. The molecule has 0 aromatic carbocycles. The van der Waals surface area contributed by atoms with Gasteiger partial charge in [-0.15, -0.1) is 0 Å². The molecule has 106 valence electrons. The third-order valence-corrected chi connectivity index (χ3v) is 5.69. The molecule has 0 bridgehead atoms. The smallest absolute Gasteiger partial charge is 0.0164 e. The molecule has 0 amide bonds. The van der Waals surface area contributed by atoms with Crippen LogP contribution >= 0.6 is 11.8 Å². The molecule has 1 atom stereocenters. The number of nitrogens with one attached hydrogen (secondary N) is 1. The minimum atomic E-state index is 0.522. The molecule has 0 aromatic rings. The van der Waals surface area contributed by atoms with Crippen molar-refractivity contribution in [3.05, 3.63) is 0 Å². The summed E-state index contributed by atoms with van der Waals surface area (Å²) < 4.78 is 0. The van der Waals surface area contributed by atoms with Crippen LogP contribution in [0.2, 0.25) is 0 Å². The molecule has 0 spiro atoms. The Labute approximate surface area is 117 Å². The molecule has 4 heteroatoms. The molecule has 0 saturated carbocycles. The van der Waals surface area contributed by atoms with E-state index in [1.54, 1.807) is 0 Å². The number of hydrogen-bond donors (Lipinski definition) is 1. The van der Waals surface area contributed by atoms with Crippen LogP contribution in [0.3, 0.4) is 0 Å². The first-order chi connectivity index (χ1) is 8.55. The van der Waals surface area contributed by atoms with Crippen molar-refractivity contribution < 1.29 is 0 Å². The summed E-state index contributed by atoms with van der Waals surface area (Å²) in [4.78, 5) is 5.01. The van der Waals surface area contributed by atoms with Gasteiger partial charge in [0.2, 0.25) is 0 Å². The molecule has 2 fully saturated rings. The van der Waals surface area contributed by atoms with Crippen LogP contribution in [0.15, 0.2) is 0 Å². The molecule has 2 saturated heterocycles. The van der Waals surface area contributed by atoms with Crippen molar-refractivity contribution in [3.8, 4) is 0 Å². The van der Waals surface area contributed by atoms with Crippen molar-refractivity contribution in [2.24, 2.45) is 5.41 Å². The molecule has 18 heavy (non-hydrogen) atoms. The Kier molecular flexibility index (Phi) is 5.36. The first-order valence-corrected chi connectivity index (χ1v) is 8.43. The van der Waals surface area contributed by atoms with Gasteiger partial charge < -0.3 is 10.2 Å². The average Bonchev–Trinajstić information content (AvgIpc) is 2.30. The van der Waals surface area contributed by atoms with E-state index >= 15 is 0 Å². The van der Waals surface area contributed by atoms with Gasteiger partial charge in [0, 0.05) is 51.1 Å². The second-order valence-electron chi connectivity index (χ2n) is 6.68. The van der Waals surface area contributed by atoms with E-state index in [-0.39, 0.29) is 0 Å². The van der Waals surface area contributed by atoms with E-state index in [2.05, 4.69) is 47.8 Å². The van der Waals surface area contributed by atoms with E-state index in [0.29, 0.717) is 5.41 Å². The van der Waals surface area contributed by atoms with Gasteiger partial charge in [-0.1, -0.05) is 13.8 Å². The molecule has 2 heterocycles. The van der Waals surface area contributed by atoms with Crippen LogP contribution in [0.5, 0.6) is 0 Å². The number of hydrogen-bond acceptors (Lipinski definition) is 4. The first kappa shape index (κ1) is 14.6.